The summed E-state index contributed by atoms with van der Waals surface area (Å²) in [5.41, 5.74) is 2.26. The highest BCUT2D eigenvalue weighted by molar-refractivity contribution is 9.10. The Morgan fingerprint density at radius 2 is 1.96 bits per heavy atom. The summed E-state index contributed by atoms with van der Waals surface area (Å²) in [6.07, 6.45) is 0. The smallest absolute Gasteiger partial charge is 0.230 e. The van der Waals surface area contributed by atoms with Gasteiger partial charge in [0, 0.05) is 16.8 Å². The first-order valence-electron chi connectivity index (χ1n) is 7.48. The third-order valence-electron chi connectivity index (χ3n) is 3.11. The van der Waals surface area contributed by atoms with E-state index in [2.05, 4.69) is 33.4 Å². The van der Waals surface area contributed by atoms with Crippen molar-refractivity contribution >= 4 is 33.6 Å². The van der Waals surface area contributed by atoms with E-state index in [1.807, 2.05) is 43.3 Å². The Balaban J connectivity index is 1.70. The average molecular weight is 394 g/mol. The number of carbonyl (C=O) groups is 1. The van der Waals surface area contributed by atoms with Gasteiger partial charge in [-0.3, -0.25) is 4.79 Å². The standard InChI is InChI=1S/C18H20BrNO2S/c1-2-22-17-5-3-4-15(10-17)11-20-18(21)13-23-12-14-6-8-16(19)9-7-14/h3-10H,2,11-13H2,1H3,(H,20,21). The van der Waals surface area contributed by atoms with Crippen LogP contribution in [0.25, 0.3) is 0 Å². The van der Waals surface area contributed by atoms with Crippen LogP contribution < -0.4 is 10.1 Å². The molecule has 5 heteroatoms. The van der Waals surface area contributed by atoms with Crippen LogP contribution in [0.2, 0.25) is 0 Å². The number of nitrogens with one attached hydrogen (secondary N) is 1. The number of rotatable bonds is 8. The topological polar surface area (TPSA) is 38.3 Å². The summed E-state index contributed by atoms with van der Waals surface area (Å²) >= 11 is 5.03. The van der Waals surface area contributed by atoms with Gasteiger partial charge in [-0.15, -0.1) is 11.8 Å². The van der Waals surface area contributed by atoms with Crippen LogP contribution in [0.4, 0.5) is 0 Å². The highest BCUT2D eigenvalue weighted by atomic mass is 79.9. The van der Waals surface area contributed by atoms with Crippen LogP contribution in [-0.2, 0) is 17.1 Å². The van der Waals surface area contributed by atoms with Gasteiger partial charge >= 0.3 is 0 Å². The minimum Gasteiger partial charge on any atom is -0.494 e. The van der Waals surface area contributed by atoms with Gasteiger partial charge in [-0.1, -0.05) is 40.2 Å². The lowest BCUT2D eigenvalue weighted by molar-refractivity contribution is -0.118. The van der Waals surface area contributed by atoms with Gasteiger partial charge in [0.25, 0.3) is 0 Å². The van der Waals surface area contributed by atoms with Crippen LogP contribution in [0.1, 0.15) is 18.1 Å². The molecule has 0 aromatic heterocycles. The van der Waals surface area contributed by atoms with Crippen LogP contribution >= 0.6 is 27.7 Å². The first-order valence-corrected chi connectivity index (χ1v) is 9.43. The largest absolute Gasteiger partial charge is 0.494 e. The Morgan fingerprint density at radius 1 is 1.17 bits per heavy atom. The molecule has 1 N–H and O–H groups in total. The second-order valence-corrected chi connectivity index (χ2v) is 6.88. The minimum absolute atomic E-state index is 0.0499. The summed E-state index contributed by atoms with van der Waals surface area (Å²) < 4.78 is 6.52. The molecule has 2 aromatic rings. The molecule has 0 fully saturated rings. The van der Waals surface area contributed by atoms with Crippen molar-refractivity contribution in [3.05, 3.63) is 64.1 Å². The van der Waals surface area contributed by atoms with Gasteiger partial charge in [0.05, 0.1) is 12.4 Å². The van der Waals surface area contributed by atoms with Crippen molar-refractivity contribution in [1.82, 2.24) is 5.32 Å². The zero-order valence-corrected chi connectivity index (χ0v) is 15.5. The van der Waals surface area contributed by atoms with E-state index in [1.54, 1.807) is 11.8 Å². The predicted molar refractivity (Wildman–Crippen MR) is 99.8 cm³/mol. The molecule has 0 saturated heterocycles. The summed E-state index contributed by atoms with van der Waals surface area (Å²) in [5, 5.41) is 2.94. The lowest BCUT2D eigenvalue weighted by Gasteiger charge is -2.08. The van der Waals surface area contributed by atoms with E-state index in [4.69, 9.17) is 4.74 Å². The summed E-state index contributed by atoms with van der Waals surface area (Å²) in [6, 6.07) is 16.0. The summed E-state index contributed by atoms with van der Waals surface area (Å²) in [7, 11) is 0. The predicted octanol–water partition coefficient (Wildman–Crippen LogP) is 4.40. The molecule has 2 rings (SSSR count). The van der Waals surface area contributed by atoms with Crippen molar-refractivity contribution in [3.63, 3.8) is 0 Å². The van der Waals surface area contributed by atoms with Crippen LogP contribution in [0.5, 0.6) is 5.75 Å². The molecule has 0 spiro atoms. The maximum absolute atomic E-state index is 11.9. The molecule has 0 bridgehead atoms. The van der Waals surface area contributed by atoms with Gasteiger partial charge in [0.15, 0.2) is 0 Å². The Morgan fingerprint density at radius 3 is 2.70 bits per heavy atom. The first kappa shape index (κ1) is 17.9. The monoisotopic (exact) mass is 393 g/mol. The third kappa shape index (κ3) is 6.67. The van der Waals surface area contributed by atoms with Gasteiger partial charge in [-0.2, -0.15) is 0 Å². The fourth-order valence-corrected chi connectivity index (χ4v) is 3.09. The fraction of sp³-hybridized carbons (Fsp3) is 0.278. The Bertz CT molecular complexity index is 631. The van der Waals surface area contributed by atoms with Crippen molar-refractivity contribution in [2.24, 2.45) is 0 Å². The normalized spacial score (nSPS) is 10.3. The SMILES string of the molecule is CCOc1cccc(CNC(=O)CSCc2ccc(Br)cc2)c1. The second kappa shape index (κ2) is 9.63. The molecule has 23 heavy (non-hydrogen) atoms. The second-order valence-electron chi connectivity index (χ2n) is 4.98. The highest BCUT2D eigenvalue weighted by Gasteiger charge is 2.03. The Hall–Kier alpha value is -1.46. The molecule has 0 heterocycles. The zero-order chi connectivity index (χ0) is 16.5. The molecule has 122 valence electrons. The summed E-state index contributed by atoms with van der Waals surface area (Å²) in [6.45, 7) is 3.12. The number of hydrogen-bond acceptors (Lipinski definition) is 3. The molecule has 0 radical (unpaired) electrons. The molecule has 0 aliphatic carbocycles. The van der Waals surface area contributed by atoms with Gasteiger partial charge in [-0.05, 0) is 42.3 Å². The lowest BCUT2D eigenvalue weighted by Crippen LogP contribution is -2.24. The van der Waals surface area contributed by atoms with E-state index in [0.29, 0.717) is 18.9 Å². The Kier molecular flexibility index (Phi) is 7.49. The van der Waals surface area contributed by atoms with Crippen LogP contribution in [0.15, 0.2) is 53.0 Å². The van der Waals surface area contributed by atoms with Gasteiger partial charge in [0.2, 0.25) is 5.91 Å². The number of ether oxygens (including phenoxy) is 1. The Labute approximate surface area is 149 Å². The first-order chi connectivity index (χ1) is 11.2. The minimum atomic E-state index is 0.0499. The lowest BCUT2D eigenvalue weighted by atomic mass is 10.2. The fourth-order valence-electron chi connectivity index (χ4n) is 2.01. The molecule has 2 aromatic carbocycles. The molecular formula is C18H20BrNO2S. The molecule has 0 aliphatic rings. The maximum Gasteiger partial charge on any atom is 0.230 e. The van der Waals surface area contributed by atoms with E-state index < -0.39 is 0 Å². The number of carbonyl (C=O) groups excluding carboxylic acids is 1. The molecule has 1 amide bonds. The molecule has 0 saturated carbocycles. The molecular weight excluding hydrogens is 374 g/mol. The molecule has 3 nitrogen and oxygen atoms in total. The van der Waals surface area contributed by atoms with Crippen molar-refractivity contribution in [2.75, 3.05) is 12.4 Å². The summed E-state index contributed by atoms with van der Waals surface area (Å²) in [5.74, 6) is 2.18. The van der Waals surface area contributed by atoms with E-state index >= 15 is 0 Å². The van der Waals surface area contributed by atoms with Crippen LogP contribution in [-0.4, -0.2) is 18.3 Å². The number of halogens is 1. The quantitative estimate of drug-likeness (QED) is 0.722. The van der Waals surface area contributed by atoms with E-state index in [-0.39, 0.29) is 5.91 Å². The number of thioether (sulfide) groups is 1. The number of benzene rings is 2. The van der Waals surface area contributed by atoms with Crippen LogP contribution in [0, 0.1) is 0 Å². The van der Waals surface area contributed by atoms with Crippen molar-refractivity contribution in [1.29, 1.82) is 0 Å². The van der Waals surface area contributed by atoms with Crippen molar-refractivity contribution in [2.45, 2.75) is 19.2 Å². The van der Waals surface area contributed by atoms with Crippen LogP contribution in [0.3, 0.4) is 0 Å². The van der Waals surface area contributed by atoms with Gasteiger partial charge < -0.3 is 10.1 Å². The van der Waals surface area contributed by atoms with Gasteiger partial charge in [0.1, 0.15) is 5.75 Å². The van der Waals surface area contributed by atoms with Crippen molar-refractivity contribution < 1.29 is 9.53 Å². The average Bonchev–Trinajstić information content (AvgIpc) is 2.55. The molecule has 0 atom stereocenters. The van der Waals surface area contributed by atoms with Gasteiger partial charge in [-0.25, -0.2) is 0 Å². The van der Waals surface area contributed by atoms with E-state index in [9.17, 15) is 4.79 Å². The number of hydrogen-bond donors (Lipinski definition) is 1. The third-order valence-corrected chi connectivity index (χ3v) is 4.65. The number of amides is 1. The van der Waals surface area contributed by atoms with Crippen molar-refractivity contribution in [3.8, 4) is 5.75 Å². The molecule has 0 aliphatic heterocycles. The molecule has 0 unspecified atom stereocenters. The van der Waals surface area contributed by atoms with E-state index in [0.717, 1.165) is 21.5 Å². The summed E-state index contributed by atoms with van der Waals surface area (Å²) in [4.78, 5) is 11.9. The highest BCUT2D eigenvalue weighted by Crippen LogP contribution is 2.16. The zero-order valence-electron chi connectivity index (χ0n) is 13.0. The maximum atomic E-state index is 11.9. The van der Waals surface area contributed by atoms with E-state index in [1.165, 1.54) is 5.56 Å².